The first-order valence-corrected chi connectivity index (χ1v) is 8.55. The van der Waals surface area contributed by atoms with Gasteiger partial charge < -0.3 is 20.5 Å². The number of carbonyl (C=O) groups is 1. The molecule has 0 aliphatic carbocycles. The van der Waals surface area contributed by atoms with E-state index in [0.29, 0.717) is 12.2 Å². The number of hydrogen-bond acceptors (Lipinski definition) is 6. The van der Waals surface area contributed by atoms with E-state index in [2.05, 4.69) is 10.3 Å². The summed E-state index contributed by atoms with van der Waals surface area (Å²) in [5.41, 5.74) is 7.64. The normalized spacial score (nSPS) is 11.8. The van der Waals surface area contributed by atoms with Gasteiger partial charge in [0, 0.05) is 25.5 Å². The number of primary amides is 1. The van der Waals surface area contributed by atoms with Crippen molar-refractivity contribution in [1.82, 2.24) is 4.98 Å². The highest BCUT2D eigenvalue weighted by Gasteiger charge is 2.11. The molecule has 1 heterocycles. The van der Waals surface area contributed by atoms with Crippen LogP contribution < -0.4 is 16.0 Å². The molecule has 2 rings (SSSR count). The molecule has 2 aromatic rings. The molecule has 128 valence electrons. The summed E-state index contributed by atoms with van der Waals surface area (Å²) in [6.07, 6.45) is 1.31. The molecule has 3 N–H and O–H groups in total. The predicted molar refractivity (Wildman–Crippen MR) is 93.7 cm³/mol. The van der Waals surface area contributed by atoms with Gasteiger partial charge >= 0.3 is 0 Å². The Balaban J connectivity index is 2.23. The molecule has 0 fully saturated rings. The second kappa shape index (κ2) is 8.09. The minimum atomic E-state index is -2.19. The molecule has 0 bridgehead atoms. The van der Waals surface area contributed by atoms with Crippen LogP contribution in [0.1, 0.15) is 15.9 Å². The third-order valence-corrected chi connectivity index (χ3v) is 4.11. The molecule has 24 heavy (non-hydrogen) atoms. The van der Waals surface area contributed by atoms with Crippen LogP contribution in [0, 0.1) is 0 Å². The average molecular weight is 368 g/mol. The van der Waals surface area contributed by atoms with E-state index in [1.54, 1.807) is 11.9 Å². The molecule has 0 saturated heterocycles. The van der Waals surface area contributed by atoms with Gasteiger partial charge in [0.1, 0.15) is 5.15 Å². The van der Waals surface area contributed by atoms with Crippen LogP contribution in [-0.2, 0) is 17.6 Å². The highest BCUT2D eigenvalue weighted by Crippen LogP contribution is 2.23. The van der Waals surface area contributed by atoms with Crippen LogP contribution in [0.25, 0.3) is 0 Å². The molecule has 1 unspecified atom stereocenters. The van der Waals surface area contributed by atoms with Crippen molar-refractivity contribution in [3.05, 3.63) is 52.8 Å². The lowest BCUT2D eigenvalue weighted by atomic mass is 10.1. The van der Waals surface area contributed by atoms with Crippen LogP contribution in [0.4, 0.5) is 11.4 Å². The number of nitrogens with two attached hydrogens (primary N) is 1. The third kappa shape index (κ3) is 4.67. The van der Waals surface area contributed by atoms with Gasteiger partial charge in [0.25, 0.3) is 5.91 Å². The average Bonchev–Trinajstić information content (AvgIpc) is 2.52. The topological polar surface area (TPSA) is 111 Å². The molecule has 0 aliphatic rings. The SMILES string of the molecule is CN(CS(=O)[O-])c1ccccc1CNc1cc(Cl)ncc1C(N)=O. The van der Waals surface area contributed by atoms with Crippen LogP contribution in [0.15, 0.2) is 36.5 Å². The monoisotopic (exact) mass is 367 g/mol. The summed E-state index contributed by atoms with van der Waals surface area (Å²) in [5, 5.41) is 3.33. The Hall–Kier alpha value is -2.16. The van der Waals surface area contributed by atoms with Gasteiger partial charge in [-0.05, 0) is 28.8 Å². The number of para-hydroxylation sites is 1. The molecule has 1 aromatic heterocycles. The van der Waals surface area contributed by atoms with Crippen molar-refractivity contribution in [1.29, 1.82) is 0 Å². The highest BCUT2D eigenvalue weighted by molar-refractivity contribution is 7.79. The number of amides is 1. The summed E-state index contributed by atoms with van der Waals surface area (Å²) in [6, 6.07) is 8.86. The van der Waals surface area contributed by atoms with Crippen molar-refractivity contribution in [3.8, 4) is 0 Å². The highest BCUT2D eigenvalue weighted by atomic mass is 35.5. The van der Waals surface area contributed by atoms with E-state index in [1.807, 2.05) is 24.3 Å². The van der Waals surface area contributed by atoms with Crippen LogP contribution >= 0.6 is 11.6 Å². The molecular formula is C15H16ClN4O3S-. The molecule has 0 saturated carbocycles. The van der Waals surface area contributed by atoms with Gasteiger partial charge in [0.2, 0.25) is 0 Å². The zero-order chi connectivity index (χ0) is 17.7. The van der Waals surface area contributed by atoms with Gasteiger partial charge in [0.05, 0.1) is 17.1 Å². The fraction of sp³-hybridized carbons (Fsp3) is 0.200. The van der Waals surface area contributed by atoms with Crippen molar-refractivity contribution in [2.75, 3.05) is 23.1 Å². The standard InChI is InChI=1S/C15H17ClN4O3S/c1-20(9-24(22)23)13-5-3-2-4-10(13)7-18-12-6-14(16)19-8-11(12)15(17)21/h2-6,8H,7,9H2,1H3,(H2,17,21)(H,18,19)(H,22,23)/p-1. The summed E-state index contributed by atoms with van der Waals surface area (Å²) in [6.45, 7) is 0.354. The van der Waals surface area contributed by atoms with Gasteiger partial charge in [-0.1, -0.05) is 29.8 Å². The molecule has 1 amide bonds. The van der Waals surface area contributed by atoms with Crippen molar-refractivity contribution < 1.29 is 13.6 Å². The first-order valence-electron chi connectivity index (χ1n) is 6.92. The summed E-state index contributed by atoms with van der Waals surface area (Å²) in [4.78, 5) is 16.9. The molecule has 0 radical (unpaired) electrons. The van der Waals surface area contributed by atoms with Crippen molar-refractivity contribution >= 4 is 40.0 Å². The lowest BCUT2D eigenvalue weighted by molar-refractivity contribution is 0.100. The van der Waals surface area contributed by atoms with Crippen LogP contribution in [0.5, 0.6) is 0 Å². The van der Waals surface area contributed by atoms with E-state index in [-0.39, 0.29) is 16.6 Å². The Bertz CT molecular complexity index is 772. The minimum absolute atomic E-state index is 0.120. The third-order valence-electron chi connectivity index (χ3n) is 3.31. The Morgan fingerprint density at radius 1 is 1.46 bits per heavy atom. The van der Waals surface area contributed by atoms with Gasteiger partial charge in [0.15, 0.2) is 0 Å². The quantitative estimate of drug-likeness (QED) is 0.569. The number of halogens is 1. The van der Waals surface area contributed by atoms with Crippen molar-refractivity contribution in [2.45, 2.75) is 6.54 Å². The van der Waals surface area contributed by atoms with Crippen molar-refractivity contribution in [3.63, 3.8) is 0 Å². The van der Waals surface area contributed by atoms with Gasteiger partial charge in [-0.15, -0.1) is 0 Å². The zero-order valence-electron chi connectivity index (χ0n) is 12.9. The van der Waals surface area contributed by atoms with E-state index < -0.39 is 17.0 Å². The smallest absolute Gasteiger partial charge is 0.252 e. The summed E-state index contributed by atoms with van der Waals surface area (Å²) in [5.74, 6) is -0.737. The number of anilines is 2. The maximum absolute atomic E-state index is 11.5. The fourth-order valence-electron chi connectivity index (χ4n) is 2.22. The number of hydrogen-bond donors (Lipinski definition) is 2. The maximum Gasteiger partial charge on any atom is 0.252 e. The van der Waals surface area contributed by atoms with E-state index in [1.165, 1.54) is 12.3 Å². The molecule has 9 heteroatoms. The Labute approximate surface area is 147 Å². The van der Waals surface area contributed by atoms with E-state index >= 15 is 0 Å². The molecule has 7 nitrogen and oxygen atoms in total. The minimum Gasteiger partial charge on any atom is -0.771 e. The maximum atomic E-state index is 11.5. The molecular weight excluding hydrogens is 352 g/mol. The molecule has 0 spiro atoms. The number of benzene rings is 1. The lowest BCUT2D eigenvalue weighted by Gasteiger charge is -2.24. The number of pyridine rings is 1. The van der Waals surface area contributed by atoms with Crippen molar-refractivity contribution in [2.24, 2.45) is 5.73 Å². The van der Waals surface area contributed by atoms with Gasteiger partial charge in [-0.25, -0.2) is 4.98 Å². The summed E-state index contributed by atoms with van der Waals surface area (Å²) in [7, 11) is 1.69. The number of carbonyl (C=O) groups excluding carboxylic acids is 1. The Kier molecular flexibility index (Phi) is 6.13. The van der Waals surface area contributed by atoms with Gasteiger partial charge in [-0.3, -0.25) is 9.00 Å². The Morgan fingerprint density at radius 3 is 2.83 bits per heavy atom. The zero-order valence-corrected chi connectivity index (χ0v) is 14.4. The lowest BCUT2D eigenvalue weighted by Crippen LogP contribution is -2.23. The largest absolute Gasteiger partial charge is 0.771 e. The van der Waals surface area contributed by atoms with E-state index in [0.717, 1.165) is 11.3 Å². The molecule has 1 aromatic carbocycles. The first-order chi connectivity index (χ1) is 11.4. The second-order valence-electron chi connectivity index (χ2n) is 5.03. The van der Waals surface area contributed by atoms with Gasteiger partial charge in [-0.2, -0.15) is 0 Å². The van der Waals surface area contributed by atoms with Crippen LogP contribution in [0.3, 0.4) is 0 Å². The number of rotatable bonds is 7. The van der Waals surface area contributed by atoms with Crippen LogP contribution in [0.2, 0.25) is 5.15 Å². The second-order valence-corrected chi connectivity index (χ2v) is 6.28. The molecule has 1 atom stereocenters. The number of aromatic nitrogens is 1. The Morgan fingerprint density at radius 2 is 2.17 bits per heavy atom. The predicted octanol–water partition coefficient (Wildman–Crippen LogP) is 1.72. The van der Waals surface area contributed by atoms with Crippen LogP contribution in [-0.4, -0.2) is 32.6 Å². The van der Waals surface area contributed by atoms with E-state index in [9.17, 15) is 13.6 Å². The fourth-order valence-corrected chi connectivity index (χ4v) is 2.84. The molecule has 0 aliphatic heterocycles. The summed E-state index contributed by atoms with van der Waals surface area (Å²) < 4.78 is 21.8. The summed E-state index contributed by atoms with van der Waals surface area (Å²) >= 11 is 3.67. The number of nitrogens with zero attached hydrogens (tertiary/aromatic N) is 2. The number of nitrogens with one attached hydrogen (secondary N) is 1. The first kappa shape index (κ1) is 18.2. The van der Waals surface area contributed by atoms with E-state index in [4.69, 9.17) is 17.3 Å².